The van der Waals surface area contributed by atoms with Gasteiger partial charge in [-0.15, -0.1) is 11.3 Å². The van der Waals surface area contributed by atoms with Crippen molar-refractivity contribution < 1.29 is 9.90 Å². The van der Waals surface area contributed by atoms with Crippen molar-refractivity contribution in [2.75, 3.05) is 0 Å². The number of hydrogen-bond acceptors (Lipinski definition) is 4. The molecule has 0 aromatic carbocycles. The second kappa shape index (κ2) is 6.85. The number of aliphatic hydroxyl groups is 1. The maximum absolute atomic E-state index is 11.7. The quantitative estimate of drug-likeness (QED) is 0.833. The molecule has 2 unspecified atom stereocenters. The standard InChI is InChI=1S/C13H22N2O2S/c1-5-13-15-10(7-18-13)9(4)14-12(17)6-11(16)8(2)3/h7-9,11,16H,5-6H2,1-4H3,(H,14,17). The predicted octanol–water partition coefficient (Wildman–Crippen LogP) is 2.29. The highest BCUT2D eigenvalue weighted by molar-refractivity contribution is 7.09. The molecule has 18 heavy (non-hydrogen) atoms. The number of aryl methyl sites for hydroxylation is 1. The number of amides is 1. The zero-order valence-corrected chi connectivity index (χ0v) is 12.3. The van der Waals surface area contributed by atoms with Crippen LogP contribution in [0.25, 0.3) is 0 Å². The normalized spacial score (nSPS) is 14.6. The number of aromatic nitrogens is 1. The van der Waals surface area contributed by atoms with Gasteiger partial charge in [-0.3, -0.25) is 4.79 Å². The molecule has 1 rings (SSSR count). The monoisotopic (exact) mass is 270 g/mol. The van der Waals surface area contributed by atoms with E-state index in [0.29, 0.717) is 0 Å². The van der Waals surface area contributed by atoms with Gasteiger partial charge >= 0.3 is 0 Å². The Balaban J connectivity index is 2.49. The van der Waals surface area contributed by atoms with E-state index in [4.69, 9.17) is 0 Å². The fourth-order valence-corrected chi connectivity index (χ4v) is 2.32. The number of aliphatic hydroxyl groups excluding tert-OH is 1. The highest BCUT2D eigenvalue weighted by atomic mass is 32.1. The minimum absolute atomic E-state index is 0.0945. The molecule has 0 spiro atoms. The van der Waals surface area contributed by atoms with E-state index in [1.165, 1.54) is 0 Å². The Morgan fingerprint density at radius 3 is 2.67 bits per heavy atom. The smallest absolute Gasteiger partial charge is 0.223 e. The van der Waals surface area contributed by atoms with E-state index in [2.05, 4.69) is 17.2 Å². The summed E-state index contributed by atoms with van der Waals surface area (Å²) in [5.41, 5.74) is 0.893. The van der Waals surface area contributed by atoms with Crippen molar-refractivity contribution in [3.05, 3.63) is 16.1 Å². The lowest BCUT2D eigenvalue weighted by Crippen LogP contribution is -2.31. The van der Waals surface area contributed by atoms with Gasteiger partial charge in [-0.1, -0.05) is 20.8 Å². The highest BCUT2D eigenvalue weighted by Crippen LogP contribution is 2.17. The van der Waals surface area contributed by atoms with Gasteiger partial charge in [0.05, 0.1) is 29.3 Å². The molecule has 0 aliphatic carbocycles. The molecular weight excluding hydrogens is 248 g/mol. The average Bonchev–Trinajstić information content (AvgIpc) is 2.76. The van der Waals surface area contributed by atoms with Crippen molar-refractivity contribution in [3.63, 3.8) is 0 Å². The van der Waals surface area contributed by atoms with E-state index < -0.39 is 6.10 Å². The third-order valence-electron chi connectivity index (χ3n) is 2.86. The fraction of sp³-hybridized carbons (Fsp3) is 0.692. The van der Waals surface area contributed by atoms with Gasteiger partial charge in [0.2, 0.25) is 5.91 Å². The van der Waals surface area contributed by atoms with Gasteiger partial charge in [0.15, 0.2) is 0 Å². The van der Waals surface area contributed by atoms with Crippen LogP contribution in [0, 0.1) is 5.92 Å². The van der Waals surface area contributed by atoms with Crippen LogP contribution in [0.15, 0.2) is 5.38 Å². The second-order valence-electron chi connectivity index (χ2n) is 4.82. The molecule has 4 nitrogen and oxygen atoms in total. The molecule has 1 amide bonds. The van der Waals surface area contributed by atoms with Crippen molar-refractivity contribution >= 4 is 17.2 Å². The second-order valence-corrected chi connectivity index (χ2v) is 5.77. The number of nitrogens with zero attached hydrogens (tertiary/aromatic N) is 1. The van der Waals surface area contributed by atoms with Crippen LogP contribution in [0.1, 0.15) is 50.9 Å². The lowest BCUT2D eigenvalue weighted by molar-refractivity contribution is -0.124. The minimum Gasteiger partial charge on any atom is -0.392 e. The molecule has 2 atom stereocenters. The maximum Gasteiger partial charge on any atom is 0.223 e. The van der Waals surface area contributed by atoms with E-state index in [0.717, 1.165) is 17.1 Å². The number of thiazole rings is 1. The first-order valence-electron chi connectivity index (χ1n) is 6.35. The van der Waals surface area contributed by atoms with Crippen LogP contribution in [0.4, 0.5) is 0 Å². The Kier molecular flexibility index (Phi) is 5.75. The molecule has 1 heterocycles. The van der Waals surface area contributed by atoms with Crippen molar-refractivity contribution in [2.45, 2.75) is 52.7 Å². The fourth-order valence-electron chi connectivity index (χ4n) is 1.49. The largest absolute Gasteiger partial charge is 0.392 e. The highest BCUT2D eigenvalue weighted by Gasteiger charge is 2.17. The molecule has 0 fully saturated rings. The molecular formula is C13H22N2O2S. The van der Waals surface area contributed by atoms with E-state index >= 15 is 0 Å². The number of carbonyl (C=O) groups excluding carboxylic acids is 1. The zero-order valence-electron chi connectivity index (χ0n) is 11.4. The van der Waals surface area contributed by atoms with Crippen LogP contribution in [0.2, 0.25) is 0 Å². The van der Waals surface area contributed by atoms with Crippen LogP contribution in [0.5, 0.6) is 0 Å². The molecule has 5 heteroatoms. The Hall–Kier alpha value is -0.940. The SMILES string of the molecule is CCc1nc(C(C)NC(=O)CC(O)C(C)C)cs1. The summed E-state index contributed by atoms with van der Waals surface area (Å²) in [4.78, 5) is 16.2. The summed E-state index contributed by atoms with van der Waals surface area (Å²) in [6.45, 7) is 7.77. The number of rotatable bonds is 6. The predicted molar refractivity (Wildman–Crippen MR) is 73.5 cm³/mol. The molecule has 1 aromatic heterocycles. The van der Waals surface area contributed by atoms with Crippen molar-refractivity contribution in [2.24, 2.45) is 5.92 Å². The molecule has 0 saturated heterocycles. The Bertz CT molecular complexity index is 390. The molecule has 2 N–H and O–H groups in total. The minimum atomic E-state index is -0.584. The van der Waals surface area contributed by atoms with Crippen LogP contribution >= 0.6 is 11.3 Å². The average molecular weight is 270 g/mol. The summed E-state index contributed by atoms with van der Waals surface area (Å²) in [7, 11) is 0. The van der Waals surface area contributed by atoms with Gasteiger partial charge in [-0.2, -0.15) is 0 Å². The molecule has 102 valence electrons. The Morgan fingerprint density at radius 1 is 1.50 bits per heavy atom. The summed E-state index contributed by atoms with van der Waals surface area (Å²) in [6, 6.07) is -0.103. The van der Waals surface area contributed by atoms with Gasteiger partial charge in [-0.25, -0.2) is 4.98 Å². The Morgan fingerprint density at radius 2 is 2.17 bits per heavy atom. The molecule has 0 radical (unpaired) electrons. The van der Waals surface area contributed by atoms with E-state index in [9.17, 15) is 9.90 Å². The zero-order chi connectivity index (χ0) is 13.7. The van der Waals surface area contributed by atoms with Gasteiger partial charge < -0.3 is 10.4 Å². The maximum atomic E-state index is 11.7. The van der Waals surface area contributed by atoms with Gasteiger partial charge in [0.1, 0.15) is 0 Å². The van der Waals surface area contributed by atoms with E-state index in [1.807, 2.05) is 26.2 Å². The lowest BCUT2D eigenvalue weighted by Gasteiger charge is -2.16. The van der Waals surface area contributed by atoms with Gasteiger partial charge in [0, 0.05) is 5.38 Å². The van der Waals surface area contributed by atoms with Crippen LogP contribution in [0.3, 0.4) is 0 Å². The molecule has 0 aliphatic heterocycles. The summed E-state index contributed by atoms with van der Waals surface area (Å²) in [6.07, 6.45) is 0.475. The summed E-state index contributed by atoms with van der Waals surface area (Å²) < 4.78 is 0. The van der Waals surface area contributed by atoms with Crippen molar-refractivity contribution in [1.29, 1.82) is 0 Å². The van der Waals surface area contributed by atoms with Crippen LogP contribution in [-0.2, 0) is 11.2 Å². The molecule has 0 bridgehead atoms. The third kappa shape index (κ3) is 4.38. The van der Waals surface area contributed by atoms with Crippen molar-refractivity contribution in [1.82, 2.24) is 10.3 Å². The Labute approximate surface area is 112 Å². The third-order valence-corrected chi connectivity index (χ3v) is 3.87. The topological polar surface area (TPSA) is 62.2 Å². The van der Waals surface area contributed by atoms with E-state index in [1.54, 1.807) is 11.3 Å². The molecule has 0 aliphatic rings. The summed E-state index contributed by atoms with van der Waals surface area (Å²) in [5, 5.41) is 15.6. The first-order valence-corrected chi connectivity index (χ1v) is 7.23. The van der Waals surface area contributed by atoms with Crippen LogP contribution in [-0.4, -0.2) is 22.1 Å². The van der Waals surface area contributed by atoms with E-state index in [-0.39, 0.29) is 24.3 Å². The molecule has 1 aromatic rings. The van der Waals surface area contributed by atoms with Gasteiger partial charge in [-0.05, 0) is 19.3 Å². The summed E-state index contributed by atoms with van der Waals surface area (Å²) >= 11 is 1.61. The van der Waals surface area contributed by atoms with Crippen LogP contribution < -0.4 is 5.32 Å². The number of carbonyl (C=O) groups is 1. The van der Waals surface area contributed by atoms with Gasteiger partial charge in [0.25, 0.3) is 0 Å². The first-order chi connectivity index (χ1) is 8.43. The van der Waals surface area contributed by atoms with Crippen molar-refractivity contribution in [3.8, 4) is 0 Å². The summed E-state index contributed by atoms with van der Waals surface area (Å²) in [5.74, 6) is -0.0354. The molecule has 0 saturated carbocycles. The number of nitrogens with one attached hydrogen (secondary N) is 1. The first kappa shape index (κ1) is 15.1. The lowest BCUT2D eigenvalue weighted by atomic mass is 10.0. The number of hydrogen-bond donors (Lipinski definition) is 2.